The van der Waals surface area contributed by atoms with Gasteiger partial charge in [-0.3, -0.25) is 0 Å². The molecule has 0 atom stereocenters. The predicted molar refractivity (Wildman–Crippen MR) is 53.8 cm³/mol. The summed E-state index contributed by atoms with van der Waals surface area (Å²) in [5.74, 6) is 0.528. The molecule has 0 saturated heterocycles. The largest absolute Gasteiger partial charge is 0.471 e. The summed E-state index contributed by atoms with van der Waals surface area (Å²) >= 11 is 0. The number of hydrogen-bond donors (Lipinski definition) is 0. The molecule has 1 aliphatic rings. The lowest BCUT2D eigenvalue weighted by molar-refractivity contribution is 0.152. The van der Waals surface area contributed by atoms with Crippen molar-refractivity contribution in [2.75, 3.05) is 6.61 Å². The Balaban J connectivity index is 1.88. The molecule has 2 rings (SSSR count). The number of rotatable bonds is 2. The van der Waals surface area contributed by atoms with Crippen LogP contribution in [0.15, 0.2) is 47.6 Å². The highest BCUT2D eigenvalue weighted by molar-refractivity contribution is 5.87. The van der Waals surface area contributed by atoms with E-state index in [9.17, 15) is 0 Å². The second kappa shape index (κ2) is 4.46. The van der Waals surface area contributed by atoms with Crippen LogP contribution in [0.3, 0.4) is 0 Å². The third kappa shape index (κ3) is 2.36. The summed E-state index contributed by atoms with van der Waals surface area (Å²) in [6.07, 6.45) is 3.68. The highest BCUT2D eigenvalue weighted by atomic mass is 16.6. The molecule has 3 nitrogen and oxygen atoms in total. The van der Waals surface area contributed by atoms with Gasteiger partial charge in [0.15, 0.2) is 0 Å². The fourth-order valence-corrected chi connectivity index (χ4v) is 1.13. The van der Waals surface area contributed by atoms with Crippen LogP contribution in [-0.2, 0) is 16.2 Å². The van der Waals surface area contributed by atoms with Gasteiger partial charge in [-0.15, -0.1) is 0 Å². The van der Waals surface area contributed by atoms with Crippen molar-refractivity contribution in [3.05, 3.63) is 48.0 Å². The van der Waals surface area contributed by atoms with Gasteiger partial charge in [0.25, 0.3) is 0 Å². The van der Waals surface area contributed by atoms with Gasteiger partial charge >= 0.3 is 0 Å². The van der Waals surface area contributed by atoms with Crippen molar-refractivity contribution in [2.24, 2.45) is 5.16 Å². The molecule has 14 heavy (non-hydrogen) atoms. The van der Waals surface area contributed by atoms with E-state index in [2.05, 4.69) is 5.16 Å². The number of nitrogens with zero attached hydrogens (tertiary/aromatic N) is 1. The molecule has 0 spiro atoms. The quantitative estimate of drug-likeness (QED) is 0.713. The molecule has 1 aromatic carbocycles. The van der Waals surface area contributed by atoms with Gasteiger partial charge in [0.05, 0.1) is 0 Å². The Morgan fingerprint density at radius 3 is 2.86 bits per heavy atom. The van der Waals surface area contributed by atoms with Crippen molar-refractivity contribution in [1.29, 1.82) is 0 Å². The van der Waals surface area contributed by atoms with E-state index in [1.807, 2.05) is 42.5 Å². The molecule has 0 aliphatic carbocycles. The summed E-state index contributed by atoms with van der Waals surface area (Å²) < 4.78 is 5.41. The lowest BCUT2D eigenvalue weighted by atomic mass is 10.2. The maximum atomic E-state index is 5.41. The molecular weight excluding hydrogens is 178 g/mol. The summed E-state index contributed by atoms with van der Waals surface area (Å²) in [5.41, 5.74) is 1.12. The summed E-state index contributed by atoms with van der Waals surface area (Å²) in [6.45, 7) is 1.05. The maximum Gasteiger partial charge on any atom is 0.250 e. The molecule has 3 heteroatoms. The first-order chi connectivity index (χ1) is 6.95. The lowest BCUT2D eigenvalue weighted by Gasteiger charge is -2.08. The van der Waals surface area contributed by atoms with Gasteiger partial charge in [-0.1, -0.05) is 30.3 Å². The first kappa shape index (κ1) is 8.81. The minimum atomic E-state index is 0.521. The molecule has 0 saturated carbocycles. The van der Waals surface area contributed by atoms with Crippen LogP contribution >= 0.6 is 0 Å². The third-order valence-corrected chi connectivity index (χ3v) is 1.82. The monoisotopic (exact) mass is 189 g/mol. The average molecular weight is 189 g/mol. The smallest absolute Gasteiger partial charge is 0.250 e. The molecular formula is C11H11NO2. The zero-order valence-corrected chi connectivity index (χ0v) is 7.72. The van der Waals surface area contributed by atoms with E-state index in [0.29, 0.717) is 19.1 Å². The molecule has 1 aliphatic heterocycles. The number of benzene rings is 1. The molecule has 72 valence electrons. The van der Waals surface area contributed by atoms with Gasteiger partial charge in [0, 0.05) is 6.08 Å². The molecule has 0 aromatic heterocycles. The highest BCUT2D eigenvalue weighted by Gasteiger charge is 2.00. The molecule has 0 fully saturated rings. The Labute approximate surface area is 82.6 Å². The molecule has 0 amide bonds. The Hall–Kier alpha value is -1.77. The van der Waals surface area contributed by atoms with Crippen LogP contribution in [0.25, 0.3) is 0 Å². The molecule has 0 unspecified atom stereocenters. The fraction of sp³-hybridized carbons (Fsp3) is 0.182. The standard InChI is InChI=1S/C11H11NO2/c1-2-5-10(6-3-1)9-13-11-7-4-8-14-12-11/h1-7H,8-9H2. The molecule has 0 bridgehead atoms. The SMILES string of the molecule is C1=CC(OCc2ccccc2)=NOC1. The van der Waals surface area contributed by atoms with Crippen LogP contribution in [0.4, 0.5) is 0 Å². The van der Waals surface area contributed by atoms with Gasteiger partial charge in [-0.2, -0.15) is 0 Å². The first-order valence-electron chi connectivity index (χ1n) is 4.48. The van der Waals surface area contributed by atoms with E-state index >= 15 is 0 Å². The summed E-state index contributed by atoms with van der Waals surface area (Å²) in [6, 6.07) is 9.95. The Bertz CT molecular complexity index is 344. The second-order valence-electron chi connectivity index (χ2n) is 2.90. The van der Waals surface area contributed by atoms with Crippen LogP contribution in [0.5, 0.6) is 0 Å². The first-order valence-corrected chi connectivity index (χ1v) is 4.48. The van der Waals surface area contributed by atoms with E-state index in [0.717, 1.165) is 5.56 Å². The second-order valence-corrected chi connectivity index (χ2v) is 2.90. The van der Waals surface area contributed by atoms with Crippen molar-refractivity contribution in [3.63, 3.8) is 0 Å². The van der Waals surface area contributed by atoms with E-state index in [1.165, 1.54) is 0 Å². The van der Waals surface area contributed by atoms with Crippen LogP contribution in [0.1, 0.15) is 5.56 Å². The molecule has 0 radical (unpaired) electrons. The van der Waals surface area contributed by atoms with E-state index in [-0.39, 0.29) is 0 Å². The summed E-state index contributed by atoms with van der Waals surface area (Å²) in [5, 5.41) is 3.75. The van der Waals surface area contributed by atoms with Crippen molar-refractivity contribution in [1.82, 2.24) is 0 Å². The van der Waals surface area contributed by atoms with Crippen LogP contribution in [-0.4, -0.2) is 12.5 Å². The van der Waals surface area contributed by atoms with E-state index in [4.69, 9.17) is 9.57 Å². The average Bonchev–Trinajstić information content (AvgIpc) is 2.29. The molecule has 1 aromatic rings. The van der Waals surface area contributed by atoms with Crippen molar-refractivity contribution >= 4 is 5.90 Å². The van der Waals surface area contributed by atoms with E-state index < -0.39 is 0 Å². The zero-order valence-electron chi connectivity index (χ0n) is 7.72. The van der Waals surface area contributed by atoms with Gasteiger partial charge < -0.3 is 9.57 Å². The number of ether oxygens (including phenoxy) is 1. The van der Waals surface area contributed by atoms with E-state index in [1.54, 1.807) is 0 Å². The van der Waals surface area contributed by atoms with Crippen molar-refractivity contribution in [2.45, 2.75) is 6.61 Å². The normalized spacial score (nSPS) is 14.4. The van der Waals surface area contributed by atoms with Gasteiger partial charge in [0.1, 0.15) is 13.2 Å². The van der Waals surface area contributed by atoms with Crippen molar-refractivity contribution < 1.29 is 9.57 Å². The fourth-order valence-electron chi connectivity index (χ4n) is 1.13. The minimum Gasteiger partial charge on any atom is -0.471 e. The molecule has 1 heterocycles. The zero-order chi connectivity index (χ0) is 9.64. The van der Waals surface area contributed by atoms with Gasteiger partial charge in [0.2, 0.25) is 5.90 Å². The minimum absolute atomic E-state index is 0.521. The highest BCUT2D eigenvalue weighted by Crippen LogP contribution is 2.03. The van der Waals surface area contributed by atoms with Crippen LogP contribution in [0.2, 0.25) is 0 Å². The predicted octanol–water partition coefficient (Wildman–Crippen LogP) is 2.10. The maximum absolute atomic E-state index is 5.41. The van der Waals surface area contributed by atoms with Gasteiger partial charge in [-0.25, -0.2) is 0 Å². The molecule has 0 N–H and O–H groups in total. The van der Waals surface area contributed by atoms with Crippen LogP contribution in [0, 0.1) is 0 Å². The van der Waals surface area contributed by atoms with Gasteiger partial charge in [-0.05, 0) is 16.8 Å². The Kier molecular flexibility index (Phi) is 2.81. The Morgan fingerprint density at radius 2 is 2.14 bits per heavy atom. The van der Waals surface area contributed by atoms with Crippen molar-refractivity contribution in [3.8, 4) is 0 Å². The number of hydrogen-bond acceptors (Lipinski definition) is 3. The topological polar surface area (TPSA) is 30.8 Å². The summed E-state index contributed by atoms with van der Waals surface area (Å²) in [4.78, 5) is 4.85. The van der Waals surface area contributed by atoms with Crippen LogP contribution < -0.4 is 0 Å². The summed E-state index contributed by atoms with van der Waals surface area (Å²) in [7, 11) is 0. The third-order valence-electron chi connectivity index (χ3n) is 1.82. The number of oxime groups is 1. The lowest BCUT2D eigenvalue weighted by Crippen LogP contribution is -2.06. The Morgan fingerprint density at radius 1 is 1.29 bits per heavy atom.